The van der Waals surface area contributed by atoms with Gasteiger partial charge in [-0.25, -0.2) is 0 Å². The van der Waals surface area contributed by atoms with Crippen LogP contribution in [0.2, 0.25) is 0 Å². The minimum atomic E-state index is -1.03. The number of nitrogens with zero attached hydrogens (tertiary/aromatic N) is 1. The monoisotopic (exact) mass is 611 g/mol. The standard InChI is InChI=1S/C37H45N3O5/c1-6-8-15-32(26(3)4)36(42)40-34(35(41)37(43)39-29-18-19-29)24-27-16-20-30(21-17-27)44-22-9-10-23-45-31-14-11-13-28(25-31)33(38-5)12-7-2/h6-8,11-17,20-21,25,29,34H,3,9-10,18-19,22-24H2,1-2,4-5H3,(H,39,43)(H,40,42)/b8-6-,12-7-,32-15+,38-33?/t34-/m0/s1. The zero-order valence-corrected chi connectivity index (χ0v) is 26.8. The number of Topliss-reactive ketones (excluding diaryl/α,β-unsaturated/α-hetero) is 1. The van der Waals surface area contributed by atoms with E-state index >= 15 is 0 Å². The van der Waals surface area contributed by atoms with Crippen LogP contribution < -0.4 is 20.1 Å². The highest BCUT2D eigenvalue weighted by atomic mass is 16.5. The van der Waals surface area contributed by atoms with Crippen molar-refractivity contribution in [2.45, 2.75) is 65.0 Å². The van der Waals surface area contributed by atoms with Crippen molar-refractivity contribution in [1.29, 1.82) is 0 Å². The van der Waals surface area contributed by atoms with Crippen LogP contribution in [-0.4, -0.2) is 55.7 Å². The van der Waals surface area contributed by atoms with E-state index < -0.39 is 23.6 Å². The van der Waals surface area contributed by atoms with Gasteiger partial charge in [-0.15, -0.1) is 0 Å². The van der Waals surface area contributed by atoms with Crippen molar-refractivity contribution < 1.29 is 23.9 Å². The molecule has 0 radical (unpaired) electrons. The number of amides is 2. The van der Waals surface area contributed by atoms with E-state index in [1.54, 1.807) is 32.2 Å². The number of ether oxygens (including phenoxy) is 2. The molecule has 0 aliphatic heterocycles. The number of nitrogens with one attached hydrogen (secondary N) is 2. The second kappa shape index (κ2) is 18.2. The molecule has 0 heterocycles. The number of hydrogen-bond donors (Lipinski definition) is 2. The Labute approximate surface area is 267 Å². The van der Waals surface area contributed by atoms with E-state index in [0.717, 1.165) is 48.3 Å². The van der Waals surface area contributed by atoms with Crippen LogP contribution in [0.1, 0.15) is 57.6 Å². The molecule has 1 atom stereocenters. The Morgan fingerprint density at radius 1 is 0.978 bits per heavy atom. The molecule has 238 valence electrons. The maximum Gasteiger partial charge on any atom is 0.289 e. The van der Waals surface area contributed by atoms with Crippen molar-refractivity contribution in [2.75, 3.05) is 20.3 Å². The summed E-state index contributed by atoms with van der Waals surface area (Å²) in [4.78, 5) is 43.1. The van der Waals surface area contributed by atoms with Crippen molar-refractivity contribution in [3.05, 3.63) is 108 Å². The molecule has 2 N–H and O–H groups in total. The topological polar surface area (TPSA) is 106 Å². The molecule has 2 aromatic rings. The molecule has 2 aromatic carbocycles. The Hall–Kier alpha value is -4.72. The number of unbranched alkanes of at least 4 members (excludes halogenated alkanes) is 1. The van der Waals surface area contributed by atoms with Crippen molar-refractivity contribution in [3.63, 3.8) is 0 Å². The van der Waals surface area contributed by atoms with Crippen LogP contribution in [-0.2, 0) is 20.8 Å². The first kappa shape index (κ1) is 34.8. The van der Waals surface area contributed by atoms with Crippen molar-refractivity contribution in [2.24, 2.45) is 4.99 Å². The van der Waals surface area contributed by atoms with Gasteiger partial charge < -0.3 is 20.1 Å². The molecule has 45 heavy (non-hydrogen) atoms. The van der Waals surface area contributed by atoms with Gasteiger partial charge in [0.05, 0.1) is 18.9 Å². The average Bonchev–Trinajstić information content (AvgIpc) is 3.85. The number of carbonyl (C=O) groups excluding carboxylic acids is 3. The van der Waals surface area contributed by atoms with Gasteiger partial charge in [0.25, 0.3) is 11.8 Å². The number of allylic oxidation sites excluding steroid dienone is 5. The molecule has 1 aliphatic carbocycles. The molecule has 1 fully saturated rings. The van der Waals surface area contributed by atoms with Gasteiger partial charge in [0.2, 0.25) is 5.78 Å². The van der Waals surface area contributed by atoms with Gasteiger partial charge in [0, 0.05) is 30.6 Å². The molecule has 1 aliphatic rings. The third-order valence-electron chi connectivity index (χ3n) is 7.05. The van der Waals surface area contributed by atoms with E-state index in [2.05, 4.69) is 22.2 Å². The Morgan fingerprint density at radius 3 is 2.27 bits per heavy atom. The number of benzene rings is 2. The average molecular weight is 612 g/mol. The fraction of sp³-hybridized carbons (Fsp3) is 0.351. The van der Waals surface area contributed by atoms with Gasteiger partial charge >= 0.3 is 0 Å². The maximum absolute atomic E-state index is 13.1. The van der Waals surface area contributed by atoms with Gasteiger partial charge in [0.15, 0.2) is 0 Å². The molecular formula is C37H45N3O5. The van der Waals surface area contributed by atoms with Crippen LogP contribution in [0.3, 0.4) is 0 Å². The van der Waals surface area contributed by atoms with Gasteiger partial charge in [-0.05, 0) is 94.0 Å². The predicted octanol–water partition coefficient (Wildman–Crippen LogP) is 5.87. The van der Waals surface area contributed by atoms with Crippen molar-refractivity contribution in [1.82, 2.24) is 10.6 Å². The Kier molecular flexibility index (Phi) is 14.0. The van der Waals surface area contributed by atoms with Crippen LogP contribution in [0.4, 0.5) is 0 Å². The fourth-order valence-corrected chi connectivity index (χ4v) is 4.44. The highest BCUT2D eigenvalue weighted by Crippen LogP contribution is 2.20. The third kappa shape index (κ3) is 11.7. The van der Waals surface area contributed by atoms with E-state index in [-0.39, 0.29) is 12.5 Å². The van der Waals surface area contributed by atoms with Gasteiger partial charge in [-0.2, -0.15) is 0 Å². The van der Waals surface area contributed by atoms with Gasteiger partial charge in [-0.1, -0.05) is 49.1 Å². The number of aliphatic imine (C=N–C) groups is 1. The number of rotatable bonds is 18. The summed E-state index contributed by atoms with van der Waals surface area (Å²) in [7, 11) is 1.77. The zero-order valence-electron chi connectivity index (χ0n) is 26.8. The molecule has 8 nitrogen and oxygen atoms in total. The second-order valence-corrected chi connectivity index (χ2v) is 10.9. The summed E-state index contributed by atoms with van der Waals surface area (Å²) in [6, 6.07) is 14.2. The highest BCUT2D eigenvalue weighted by Gasteiger charge is 2.32. The first-order chi connectivity index (χ1) is 21.7. The summed E-state index contributed by atoms with van der Waals surface area (Å²) in [5.41, 5.74) is 3.61. The number of carbonyl (C=O) groups is 3. The summed E-state index contributed by atoms with van der Waals surface area (Å²) in [5, 5.41) is 5.49. The SMILES string of the molecule is C=C(C)/C(=C\C=C/C)C(=O)N[C@@H](Cc1ccc(OCCCCOc2cccc(C(/C=C\C)=NC)c2)cc1)C(=O)C(=O)NC1CC1. The summed E-state index contributed by atoms with van der Waals surface area (Å²) in [6.07, 6.45) is 12.6. The Bertz CT molecular complexity index is 1450. The van der Waals surface area contributed by atoms with Crippen LogP contribution in [0.15, 0.2) is 102 Å². The smallest absolute Gasteiger partial charge is 0.289 e. The molecule has 0 spiro atoms. The van der Waals surface area contributed by atoms with Crippen LogP contribution in [0.25, 0.3) is 0 Å². The summed E-state index contributed by atoms with van der Waals surface area (Å²) >= 11 is 0. The quantitative estimate of drug-likeness (QED) is 0.0721. The molecule has 1 saturated carbocycles. The van der Waals surface area contributed by atoms with Crippen molar-refractivity contribution >= 4 is 23.3 Å². The molecule has 0 unspecified atom stereocenters. The van der Waals surface area contributed by atoms with Gasteiger partial charge in [0.1, 0.15) is 17.5 Å². The molecule has 3 rings (SSSR count). The number of ketones is 1. The second-order valence-electron chi connectivity index (χ2n) is 10.9. The molecule has 0 aromatic heterocycles. The Balaban J connectivity index is 1.52. The molecular weight excluding hydrogens is 566 g/mol. The van der Waals surface area contributed by atoms with Crippen molar-refractivity contribution in [3.8, 4) is 11.5 Å². The predicted molar refractivity (Wildman–Crippen MR) is 180 cm³/mol. The zero-order chi connectivity index (χ0) is 32.6. The van der Waals surface area contributed by atoms with Crippen LogP contribution >= 0.6 is 0 Å². The molecule has 0 bridgehead atoms. The maximum atomic E-state index is 13.1. The van der Waals surface area contributed by atoms with Crippen LogP contribution in [0, 0.1) is 0 Å². The normalized spacial score (nSPS) is 14.3. The minimum absolute atomic E-state index is 0.0322. The van der Waals surface area contributed by atoms with E-state index in [1.165, 1.54) is 0 Å². The lowest BCUT2D eigenvalue weighted by atomic mass is 10.00. The fourth-order valence-electron chi connectivity index (χ4n) is 4.44. The minimum Gasteiger partial charge on any atom is -0.494 e. The van der Waals surface area contributed by atoms with E-state index in [1.807, 2.05) is 74.5 Å². The van der Waals surface area contributed by atoms with E-state index in [0.29, 0.717) is 30.1 Å². The summed E-state index contributed by atoms with van der Waals surface area (Å²) < 4.78 is 11.8. The lowest BCUT2D eigenvalue weighted by molar-refractivity contribution is -0.139. The largest absolute Gasteiger partial charge is 0.494 e. The molecule has 0 saturated heterocycles. The summed E-state index contributed by atoms with van der Waals surface area (Å²) in [5.74, 6) is -0.310. The van der Waals surface area contributed by atoms with Crippen LogP contribution in [0.5, 0.6) is 11.5 Å². The Morgan fingerprint density at radius 2 is 1.67 bits per heavy atom. The molecule has 8 heteroatoms. The lowest BCUT2D eigenvalue weighted by Gasteiger charge is -2.19. The van der Waals surface area contributed by atoms with E-state index in [9.17, 15) is 14.4 Å². The first-order valence-electron chi connectivity index (χ1n) is 15.4. The molecule has 2 amide bonds. The third-order valence-corrected chi connectivity index (χ3v) is 7.05. The highest BCUT2D eigenvalue weighted by molar-refractivity contribution is 6.38. The first-order valence-corrected chi connectivity index (χ1v) is 15.4. The lowest BCUT2D eigenvalue weighted by Crippen LogP contribution is -2.49. The number of hydrogen-bond acceptors (Lipinski definition) is 6. The van der Waals surface area contributed by atoms with Gasteiger partial charge in [-0.3, -0.25) is 19.4 Å². The van der Waals surface area contributed by atoms with E-state index in [4.69, 9.17) is 9.47 Å². The summed E-state index contributed by atoms with van der Waals surface area (Å²) in [6.45, 7) is 10.5.